The maximum atomic E-state index is 5.28. The molecule has 0 aliphatic carbocycles. The van der Waals surface area contributed by atoms with Crippen LogP contribution in [0.2, 0.25) is 0 Å². The predicted molar refractivity (Wildman–Crippen MR) is 86.4 cm³/mol. The average Bonchev–Trinajstić information content (AvgIpc) is 2.82. The first-order chi connectivity index (χ1) is 9.79. The third-order valence-electron chi connectivity index (χ3n) is 3.68. The van der Waals surface area contributed by atoms with E-state index in [-0.39, 0.29) is 0 Å². The van der Waals surface area contributed by atoms with Crippen LogP contribution >= 0.6 is 0 Å². The van der Waals surface area contributed by atoms with Crippen molar-refractivity contribution in [1.82, 2.24) is 4.98 Å². The van der Waals surface area contributed by atoms with Crippen molar-refractivity contribution in [2.75, 3.05) is 6.54 Å². The molecule has 3 rings (SSSR count). The number of nitrogens with one attached hydrogen (secondary N) is 1. The van der Waals surface area contributed by atoms with Gasteiger partial charge in [-0.3, -0.25) is 4.99 Å². The quantitative estimate of drug-likeness (QED) is 0.423. The fourth-order valence-corrected chi connectivity index (χ4v) is 2.82. The number of aromatic amines is 1. The number of benzene rings is 2. The Morgan fingerprint density at radius 1 is 1.20 bits per heavy atom. The van der Waals surface area contributed by atoms with Crippen molar-refractivity contribution in [3.8, 4) is 0 Å². The number of aromatic nitrogens is 1. The molecular formula is C17H19N3. The Kier molecular flexibility index (Phi) is 3.42. The molecule has 2 aromatic carbocycles. The summed E-state index contributed by atoms with van der Waals surface area (Å²) in [6.07, 6.45) is 3.42. The van der Waals surface area contributed by atoms with Crippen LogP contribution in [0, 0.1) is 6.92 Å². The number of aliphatic imine (C=N–C) groups is 1. The SMILES string of the molecule is Cc1cc(CCCN=CN)c2[nH]c3ccccc3c2c1. The summed E-state index contributed by atoms with van der Waals surface area (Å²) in [5.74, 6) is 0. The number of fused-ring (bicyclic) bond motifs is 3. The number of aryl methyl sites for hydroxylation is 2. The van der Waals surface area contributed by atoms with Gasteiger partial charge in [0.25, 0.3) is 0 Å². The first-order valence-corrected chi connectivity index (χ1v) is 6.99. The number of para-hydroxylation sites is 1. The summed E-state index contributed by atoms with van der Waals surface area (Å²) < 4.78 is 0. The third kappa shape index (κ3) is 2.27. The predicted octanol–water partition coefficient (Wildman–Crippen LogP) is 3.55. The number of hydrogen-bond acceptors (Lipinski definition) is 1. The number of H-pyrrole nitrogens is 1. The Hall–Kier alpha value is -2.29. The molecule has 3 aromatic rings. The van der Waals surface area contributed by atoms with Crippen LogP contribution in [0.5, 0.6) is 0 Å². The molecule has 102 valence electrons. The standard InChI is InChI=1S/C17H19N3/c1-12-9-13(5-4-8-19-11-18)17-15(10-12)14-6-2-3-7-16(14)20-17/h2-3,6-7,9-11,20H,4-5,8H2,1H3,(H2,18,19). The summed E-state index contributed by atoms with van der Waals surface area (Å²) in [5.41, 5.74) is 10.4. The maximum absolute atomic E-state index is 5.28. The number of nitrogens with zero attached hydrogens (tertiary/aromatic N) is 1. The second-order valence-corrected chi connectivity index (χ2v) is 5.18. The van der Waals surface area contributed by atoms with E-state index in [4.69, 9.17) is 5.73 Å². The molecule has 0 spiro atoms. The molecule has 1 aromatic heterocycles. The van der Waals surface area contributed by atoms with E-state index in [0.29, 0.717) is 0 Å². The highest BCUT2D eigenvalue weighted by molar-refractivity contribution is 6.08. The highest BCUT2D eigenvalue weighted by Crippen LogP contribution is 2.29. The van der Waals surface area contributed by atoms with Gasteiger partial charge in [0.05, 0.1) is 6.34 Å². The summed E-state index contributed by atoms with van der Waals surface area (Å²) in [4.78, 5) is 7.63. The molecular weight excluding hydrogens is 246 g/mol. The first kappa shape index (κ1) is 12.7. The van der Waals surface area contributed by atoms with Gasteiger partial charge in [0.1, 0.15) is 0 Å². The van der Waals surface area contributed by atoms with Crippen molar-refractivity contribution < 1.29 is 0 Å². The number of hydrogen-bond donors (Lipinski definition) is 2. The van der Waals surface area contributed by atoms with Gasteiger partial charge in [-0.2, -0.15) is 0 Å². The van der Waals surface area contributed by atoms with E-state index in [1.54, 1.807) is 0 Å². The summed E-state index contributed by atoms with van der Waals surface area (Å²) in [7, 11) is 0. The topological polar surface area (TPSA) is 54.2 Å². The Balaban J connectivity index is 2.06. The maximum Gasteiger partial charge on any atom is 0.0797 e. The minimum absolute atomic E-state index is 0.784. The lowest BCUT2D eigenvalue weighted by Crippen LogP contribution is -1.94. The zero-order valence-corrected chi connectivity index (χ0v) is 11.7. The van der Waals surface area contributed by atoms with Gasteiger partial charge < -0.3 is 10.7 Å². The van der Waals surface area contributed by atoms with E-state index in [9.17, 15) is 0 Å². The molecule has 3 nitrogen and oxygen atoms in total. The van der Waals surface area contributed by atoms with Gasteiger partial charge in [-0.25, -0.2) is 0 Å². The zero-order chi connectivity index (χ0) is 13.9. The van der Waals surface area contributed by atoms with E-state index in [1.165, 1.54) is 39.3 Å². The molecule has 1 heterocycles. The lowest BCUT2D eigenvalue weighted by molar-refractivity contribution is 0.838. The molecule has 0 radical (unpaired) electrons. The smallest absolute Gasteiger partial charge is 0.0797 e. The fraction of sp³-hybridized carbons (Fsp3) is 0.235. The molecule has 0 saturated heterocycles. The van der Waals surface area contributed by atoms with Crippen LogP contribution in [-0.4, -0.2) is 17.9 Å². The van der Waals surface area contributed by atoms with Crippen LogP contribution in [0.3, 0.4) is 0 Å². The second kappa shape index (κ2) is 5.37. The molecule has 0 unspecified atom stereocenters. The Labute approximate surface area is 118 Å². The molecule has 20 heavy (non-hydrogen) atoms. The van der Waals surface area contributed by atoms with Crippen molar-refractivity contribution in [3.05, 3.63) is 47.5 Å². The monoisotopic (exact) mass is 265 g/mol. The van der Waals surface area contributed by atoms with Crippen LogP contribution in [-0.2, 0) is 6.42 Å². The van der Waals surface area contributed by atoms with Crippen molar-refractivity contribution in [1.29, 1.82) is 0 Å². The molecule has 0 atom stereocenters. The van der Waals surface area contributed by atoms with E-state index in [1.807, 2.05) is 0 Å². The van der Waals surface area contributed by atoms with Crippen molar-refractivity contribution in [3.63, 3.8) is 0 Å². The van der Waals surface area contributed by atoms with Crippen LogP contribution in [0.4, 0.5) is 0 Å². The minimum Gasteiger partial charge on any atom is -0.390 e. The molecule has 0 saturated carbocycles. The van der Waals surface area contributed by atoms with Gasteiger partial charge in [-0.1, -0.05) is 29.8 Å². The lowest BCUT2D eigenvalue weighted by atomic mass is 10.0. The molecule has 0 bridgehead atoms. The van der Waals surface area contributed by atoms with E-state index >= 15 is 0 Å². The van der Waals surface area contributed by atoms with Gasteiger partial charge in [0, 0.05) is 28.4 Å². The van der Waals surface area contributed by atoms with Crippen LogP contribution in [0.25, 0.3) is 21.8 Å². The Bertz CT molecular complexity index is 768. The summed E-state index contributed by atoms with van der Waals surface area (Å²) in [6, 6.07) is 13.0. The highest BCUT2D eigenvalue weighted by Gasteiger charge is 2.08. The molecule has 3 N–H and O–H groups in total. The van der Waals surface area contributed by atoms with Crippen molar-refractivity contribution in [2.45, 2.75) is 19.8 Å². The molecule has 0 aliphatic heterocycles. The summed E-state index contributed by atoms with van der Waals surface area (Å²) in [5, 5.41) is 2.62. The van der Waals surface area contributed by atoms with Gasteiger partial charge >= 0.3 is 0 Å². The average molecular weight is 265 g/mol. The van der Waals surface area contributed by atoms with Crippen LogP contribution in [0.1, 0.15) is 17.5 Å². The molecule has 0 amide bonds. The largest absolute Gasteiger partial charge is 0.390 e. The van der Waals surface area contributed by atoms with E-state index in [2.05, 4.69) is 53.3 Å². The first-order valence-electron chi connectivity index (χ1n) is 6.99. The Morgan fingerprint density at radius 2 is 2.05 bits per heavy atom. The second-order valence-electron chi connectivity index (χ2n) is 5.18. The van der Waals surface area contributed by atoms with Gasteiger partial charge in [-0.15, -0.1) is 0 Å². The van der Waals surface area contributed by atoms with Gasteiger partial charge in [0.15, 0.2) is 0 Å². The number of nitrogens with two attached hydrogens (primary N) is 1. The highest BCUT2D eigenvalue weighted by atomic mass is 14.8. The summed E-state index contributed by atoms with van der Waals surface area (Å²) in [6.45, 7) is 2.94. The molecule has 3 heteroatoms. The summed E-state index contributed by atoms with van der Waals surface area (Å²) >= 11 is 0. The van der Waals surface area contributed by atoms with Crippen LogP contribution in [0.15, 0.2) is 41.4 Å². The zero-order valence-electron chi connectivity index (χ0n) is 11.7. The fourth-order valence-electron chi connectivity index (χ4n) is 2.82. The van der Waals surface area contributed by atoms with E-state index < -0.39 is 0 Å². The van der Waals surface area contributed by atoms with Gasteiger partial charge in [0.2, 0.25) is 0 Å². The minimum atomic E-state index is 0.784. The van der Waals surface area contributed by atoms with Crippen molar-refractivity contribution >= 4 is 28.1 Å². The molecule has 0 fully saturated rings. The van der Waals surface area contributed by atoms with Crippen molar-refractivity contribution in [2.24, 2.45) is 10.7 Å². The normalized spacial score (nSPS) is 11.8. The Morgan fingerprint density at radius 3 is 2.90 bits per heavy atom. The lowest BCUT2D eigenvalue weighted by Gasteiger charge is -2.04. The number of rotatable bonds is 4. The third-order valence-corrected chi connectivity index (χ3v) is 3.68. The van der Waals surface area contributed by atoms with Crippen LogP contribution < -0.4 is 5.73 Å². The molecule has 0 aliphatic rings. The van der Waals surface area contributed by atoms with Gasteiger partial charge in [-0.05, 0) is 37.5 Å². The van der Waals surface area contributed by atoms with E-state index in [0.717, 1.165) is 19.4 Å².